The number of nitrogens with two attached hydrogens (primary N) is 1. The summed E-state index contributed by atoms with van der Waals surface area (Å²) in [5, 5.41) is 2.01. The van der Waals surface area contributed by atoms with Gasteiger partial charge in [-0.15, -0.1) is 11.3 Å². The molecular formula is C9H14N2OS. The Bertz CT molecular complexity index is 283. The highest BCUT2D eigenvalue weighted by Gasteiger charge is 2.06. The first-order chi connectivity index (χ1) is 6.27. The molecule has 0 unspecified atom stereocenters. The van der Waals surface area contributed by atoms with Crippen LogP contribution in [-0.2, 0) is 6.42 Å². The minimum Gasteiger partial charge on any atom is -0.289 e. The van der Waals surface area contributed by atoms with Crippen LogP contribution in [0.4, 0.5) is 0 Å². The van der Waals surface area contributed by atoms with Crippen molar-refractivity contribution in [2.24, 2.45) is 5.84 Å². The van der Waals surface area contributed by atoms with E-state index in [1.807, 2.05) is 11.4 Å². The average molecular weight is 198 g/mol. The van der Waals surface area contributed by atoms with E-state index in [9.17, 15) is 4.79 Å². The van der Waals surface area contributed by atoms with E-state index in [1.54, 1.807) is 0 Å². The number of carbonyl (C=O) groups excluding carboxylic acids is 1. The van der Waals surface area contributed by atoms with Gasteiger partial charge in [-0.3, -0.25) is 10.2 Å². The van der Waals surface area contributed by atoms with Gasteiger partial charge in [0.15, 0.2) is 0 Å². The van der Waals surface area contributed by atoms with Crippen LogP contribution in [0.2, 0.25) is 0 Å². The van der Waals surface area contributed by atoms with Gasteiger partial charge in [0.25, 0.3) is 5.91 Å². The molecule has 0 saturated carbocycles. The Morgan fingerprint density at radius 1 is 1.69 bits per heavy atom. The summed E-state index contributed by atoms with van der Waals surface area (Å²) in [4.78, 5) is 11.8. The first-order valence-corrected chi connectivity index (χ1v) is 5.24. The quantitative estimate of drug-likeness (QED) is 0.439. The Kier molecular flexibility index (Phi) is 3.92. The standard InChI is InChI=1S/C9H14N2OS/c1-2-3-4-7-5-8(13-6-7)9(12)11-10/h5-6H,2-4,10H2,1H3,(H,11,12). The van der Waals surface area contributed by atoms with Gasteiger partial charge in [0.1, 0.15) is 0 Å². The maximum Gasteiger partial charge on any atom is 0.275 e. The zero-order valence-electron chi connectivity index (χ0n) is 7.67. The maximum absolute atomic E-state index is 11.1. The summed E-state index contributed by atoms with van der Waals surface area (Å²) in [6.45, 7) is 2.15. The van der Waals surface area contributed by atoms with E-state index in [1.165, 1.54) is 29.7 Å². The van der Waals surface area contributed by atoms with Crippen molar-refractivity contribution in [3.63, 3.8) is 0 Å². The van der Waals surface area contributed by atoms with E-state index in [4.69, 9.17) is 5.84 Å². The van der Waals surface area contributed by atoms with E-state index in [0.29, 0.717) is 4.88 Å². The zero-order valence-corrected chi connectivity index (χ0v) is 8.49. The van der Waals surface area contributed by atoms with Gasteiger partial charge in [-0.05, 0) is 29.9 Å². The highest BCUT2D eigenvalue weighted by Crippen LogP contribution is 2.16. The molecule has 0 radical (unpaired) electrons. The predicted molar refractivity (Wildman–Crippen MR) is 54.6 cm³/mol. The third-order valence-electron chi connectivity index (χ3n) is 1.83. The van der Waals surface area contributed by atoms with Crippen LogP contribution in [0.3, 0.4) is 0 Å². The van der Waals surface area contributed by atoms with E-state index in [2.05, 4.69) is 12.3 Å². The van der Waals surface area contributed by atoms with Gasteiger partial charge in [-0.2, -0.15) is 0 Å². The fourth-order valence-corrected chi connectivity index (χ4v) is 1.93. The van der Waals surface area contributed by atoms with Gasteiger partial charge in [0, 0.05) is 0 Å². The van der Waals surface area contributed by atoms with Crippen molar-refractivity contribution in [2.75, 3.05) is 0 Å². The number of hydrazine groups is 1. The lowest BCUT2D eigenvalue weighted by Gasteiger charge is -1.93. The molecule has 0 fully saturated rings. The van der Waals surface area contributed by atoms with Gasteiger partial charge in [-0.25, -0.2) is 5.84 Å². The molecule has 13 heavy (non-hydrogen) atoms. The molecule has 0 atom stereocenters. The molecule has 1 heterocycles. The van der Waals surface area contributed by atoms with Crippen LogP contribution in [0.1, 0.15) is 35.0 Å². The fraction of sp³-hybridized carbons (Fsp3) is 0.444. The van der Waals surface area contributed by atoms with Crippen molar-refractivity contribution in [2.45, 2.75) is 26.2 Å². The number of hydrogen-bond donors (Lipinski definition) is 2. The second kappa shape index (κ2) is 4.99. The second-order valence-electron chi connectivity index (χ2n) is 2.90. The van der Waals surface area contributed by atoms with Gasteiger partial charge in [0.05, 0.1) is 4.88 Å². The number of amides is 1. The molecule has 4 heteroatoms. The summed E-state index contributed by atoms with van der Waals surface area (Å²) in [6, 6.07) is 1.91. The highest BCUT2D eigenvalue weighted by molar-refractivity contribution is 7.12. The number of thiophene rings is 1. The molecular weight excluding hydrogens is 184 g/mol. The number of carbonyl (C=O) groups is 1. The van der Waals surface area contributed by atoms with Gasteiger partial charge in [0.2, 0.25) is 0 Å². The normalized spacial score (nSPS) is 10.0. The van der Waals surface area contributed by atoms with E-state index >= 15 is 0 Å². The number of nitrogens with one attached hydrogen (secondary N) is 1. The lowest BCUT2D eigenvalue weighted by atomic mass is 10.1. The Morgan fingerprint density at radius 3 is 3.08 bits per heavy atom. The summed E-state index contributed by atoms with van der Waals surface area (Å²) in [6.07, 6.45) is 3.39. The summed E-state index contributed by atoms with van der Waals surface area (Å²) < 4.78 is 0. The minimum atomic E-state index is -0.201. The highest BCUT2D eigenvalue weighted by atomic mass is 32.1. The van der Waals surface area contributed by atoms with Crippen molar-refractivity contribution >= 4 is 17.2 Å². The minimum absolute atomic E-state index is 0.201. The Morgan fingerprint density at radius 2 is 2.46 bits per heavy atom. The molecule has 3 nitrogen and oxygen atoms in total. The lowest BCUT2D eigenvalue weighted by molar-refractivity contribution is 0.0957. The van der Waals surface area contributed by atoms with Crippen LogP contribution in [0, 0.1) is 0 Å². The molecule has 0 spiro atoms. The van der Waals surface area contributed by atoms with E-state index < -0.39 is 0 Å². The largest absolute Gasteiger partial charge is 0.289 e. The Balaban J connectivity index is 2.58. The van der Waals surface area contributed by atoms with Crippen LogP contribution in [0.5, 0.6) is 0 Å². The van der Waals surface area contributed by atoms with Crippen molar-refractivity contribution in [3.05, 3.63) is 21.9 Å². The van der Waals surface area contributed by atoms with Crippen molar-refractivity contribution in [3.8, 4) is 0 Å². The number of rotatable bonds is 4. The number of aryl methyl sites for hydroxylation is 1. The number of nitrogen functional groups attached to an aromatic ring is 1. The molecule has 0 aromatic carbocycles. The topological polar surface area (TPSA) is 55.1 Å². The average Bonchev–Trinajstić information content (AvgIpc) is 2.62. The summed E-state index contributed by atoms with van der Waals surface area (Å²) >= 11 is 1.44. The molecule has 1 aromatic rings. The molecule has 0 saturated heterocycles. The predicted octanol–water partition coefficient (Wildman–Crippen LogP) is 1.69. The summed E-state index contributed by atoms with van der Waals surface area (Å²) in [5.74, 6) is 4.82. The van der Waals surface area contributed by atoms with Crippen LogP contribution >= 0.6 is 11.3 Å². The van der Waals surface area contributed by atoms with E-state index in [0.717, 1.165) is 6.42 Å². The first kappa shape index (κ1) is 10.2. The third kappa shape index (κ3) is 2.82. The molecule has 1 amide bonds. The molecule has 1 rings (SSSR count). The smallest absolute Gasteiger partial charge is 0.275 e. The lowest BCUT2D eigenvalue weighted by Crippen LogP contribution is -2.29. The monoisotopic (exact) mass is 198 g/mol. The van der Waals surface area contributed by atoms with Gasteiger partial charge >= 0.3 is 0 Å². The fourth-order valence-electron chi connectivity index (χ4n) is 1.08. The Hall–Kier alpha value is -0.870. The Labute approximate surface area is 81.9 Å². The van der Waals surface area contributed by atoms with Crippen LogP contribution in [0.15, 0.2) is 11.4 Å². The van der Waals surface area contributed by atoms with Crippen LogP contribution < -0.4 is 11.3 Å². The van der Waals surface area contributed by atoms with Crippen molar-refractivity contribution in [1.29, 1.82) is 0 Å². The third-order valence-corrected chi connectivity index (χ3v) is 2.81. The van der Waals surface area contributed by atoms with Crippen LogP contribution in [0.25, 0.3) is 0 Å². The molecule has 0 bridgehead atoms. The maximum atomic E-state index is 11.1. The molecule has 72 valence electrons. The molecule has 0 aliphatic rings. The number of unbranched alkanes of at least 4 members (excludes halogenated alkanes) is 1. The first-order valence-electron chi connectivity index (χ1n) is 4.36. The molecule has 1 aromatic heterocycles. The van der Waals surface area contributed by atoms with Crippen LogP contribution in [-0.4, -0.2) is 5.91 Å². The number of hydrogen-bond acceptors (Lipinski definition) is 3. The summed E-state index contributed by atoms with van der Waals surface area (Å²) in [7, 11) is 0. The summed E-state index contributed by atoms with van der Waals surface area (Å²) in [5.41, 5.74) is 3.35. The van der Waals surface area contributed by atoms with Gasteiger partial charge < -0.3 is 0 Å². The zero-order chi connectivity index (χ0) is 9.68. The van der Waals surface area contributed by atoms with Crippen molar-refractivity contribution in [1.82, 2.24) is 5.43 Å². The molecule has 3 N–H and O–H groups in total. The second-order valence-corrected chi connectivity index (χ2v) is 3.81. The van der Waals surface area contributed by atoms with E-state index in [-0.39, 0.29) is 5.91 Å². The SMILES string of the molecule is CCCCc1csc(C(=O)NN)c1. The van der Waals surface area contributed by atoms with Crippen molar-refractivity contribution < 1.29 is 4.79 Å². The van der Waals surface area contributed by atoms with Gasteiger partial charge in [-0.1, -0.05) is 13.3 Å². The molecule has 0 aliphatic carbocycles. The molecule has 0 aliphatic heterocycles.